The molecule has 0 spiro atoms. The molecule has 9 aromatic heterocycles. The van der Waals surface area contributed by atoms with Gasteiger partial charge in [0.05, 0.1) is 17.8 Å². The maximum Gasteiger partial charge on any atom is 0.435 e. The zero-order valence-corrected chi connectivity index (χ0v) is 89.1. The molecular formula is C104H159F6N21O5. The summed E-state index contributed by atoms with van der Waals surface area (Å²) < 4.78 is 77.9. The van der Waals surface area contributed by atoms with Crippen LogP contribution >= 0.6 is 0 Å². The van der Waals surface area contributed by atoms with Crippen LogP contribution in [-0.4, -0.2) is 159 Å². The Morgan fingerprint density at radius 2 is 0.757 bits per heavy atom. The third-order valence-electron chi connectivity index (χ3n) is 23.5. The highest BCUT2D eigenvalue weighted by atomic mass is 19.4. The molecule has 0 bridgehead atoms. The average Bonchev–Trinajstić information content (AvgIpc) is 1.63. The molecule has 0 unspecified atom stereocenters. The molecule has 32 heteroatoms. The summed E-state index contributed by atoms with van der Waals surface area (Å²) in [6.07, 6.45) is 7.82. The Kier molecular flexibility index (Phi) is 43.9. The molecule has 0 aliphatic heterocycles. The number of carbonyl (C=O) groups is 5. The summed E-state index contributed by atoms with van der Waals surface area (Å²) in [5.41, 5.74) is 16.4. The van der Waals surface area contributed by atoms with Crippen molar-refractivity contribution in [2.75, 3.05) is 78.7 Å². The van der Waals surface area contributed by atoms with Crippen molar-refractivity contribution in [3.8, 4) is 0 Å². The van der Waals surface area contributed by atoms with Crippen LogP contribution in [0.25, 0.3) is 0 Å². The summed E-state index contributed by atoms with van der Waals surface area (Å²) in [7, 11) is 16.4. The van der Waals surface area contributed by atoms with Gasteiger partial charge in [-0.2, -0.15) is 41.6 Å². The summed E-state index contributed by atoms with van der Waals surface area (Å²) >= 11 is 0. The highest BCUT2D eigenvalue weighted by Crippen LogP contribution is 2.47. The smallest absolute Gasteiger partial charge is 0.347 e. The summed E-state index contributed by atoms with van der Waals surface area (Å²) in [6, 6.07) is 10.7. The lowest BCUT2D eigenvalue weighted by atomic mass is 9.95. The lowest BCUT2D eigenvalue weighted by Gasteiger charge is -2.24. The molecule has 9 aromatic rings. The molecule has 136 heavy (non-hydrogen) atoms. The van der Waals surface area contributed by atoms with E-state index in [0.717, 1.165) is 102 Å². The van der Waals surface area contributed by atoms with Crippen molar-refractivity contribution >= 4 is 64.8 Å². The minimum atomic E-state index is -4.34. The molecule has 3 aliphatic rings. The van der Waals surface area contributed by atoms with Crippen LogP contribution in [0.1, 0.15) is 359 Å². The SMILES string of the molecule is CC(=O)N(C)c1cc(C)c(C(C)C)cn1.CC(C)c1cc(CC(F)(F)F)nn1C.CCn1nc(C(F)(F)F)cc1C(C)C.Cc1cc(C(C)C)n(C)n1.Cc1cc(N(C)C(=O)C2(C)CC2)ncc1C(C)C.Cc1cc(N(C)C(=O)C2CC2)ncc1C(C)C.Cc1nc(N(C)C(=O)C(C)(C)C)ncc1C(C)C.Cc1nc(N(C)C(=O)C2CC2)ncc1C(C)C.Cc1nc(N(C)C)ncc1C(C)C. The van der Waals surface area contributed by atoms with Gasteiger partial charge in [0, 0.05) is 171 Å². The van der Waals surface area contributed by atoms with Crippen molar-refractivity contribution in [1.82, 2.24) is 74.2 Å². The fraction of sp³-hybridized carbons (Fsp3) is 0.606. The standard InChI is InChI=1S/C15H22N2O.C14H23N3O.C14H20N2O.C13H19N3O.C12H18N2O.C10H17N3.2C9H13F3N2.C8H14N2/c1-10(2)12-9-16-13(8-11(12)3)17(5)14(18)15(4)6-7-15;1-9(2)11-8-15-13(16-10(11)3)17(7)12(18)14(4,5)6;1-9(2)12-8-15-13(7-10(12)3)16(4)14(17)11-5-6-11;1-8(2)11-7-14-13(15-9(11)3)16(4)12(17)10-5-6-10;1-8(2)11-7-13-12(6-9(11)3)14(5)10(4)15;1-7(2)9-6-11-10(13(4)5)12-8(9)3;1-6(2)8-4-7(13-14(8)3)5-9(10,11)12;1-4-14-7(6(2)3)5-8(13-14)9(10,11)12;1-6(2)8-5-7(3)9-10(8)4/h8-10H,6-7H2,1-5H3;8-9H,1-7H3;7-9,11H,5-6H2,1-4H3;7-8,10H,5-6H2,1-4H3;6-8H,1-5H3;6-7H,1-5H3;4,6H,5H2,1-3H3;5-6H,4H2,1-3H3;5-6H,1-4H3. The molecule has 0 atom stereocenters. The van der Waals surface area contributed by atoms with E-state index in [-0.39, 0.29) is 64.3 Å². The molecule has 26 nitrogen and oxygen atoms in total. The van der Waals surface area contributed by atoms with Crippen LogP contribution in [-0.2, 0) is 57.2 Å². The number of aryl methyl sites for hydroxylation is 10. The van der Waals surface area contributed by atoms with E-state index in [1.807, 2.05) is 183 Å². The molecule has 9 heterocycles. The Labute approximate surface area is 807 Å². The maximum absolute atomic E-state index is 12.3. The van der Waals surface area contributed by atoms with Gasteiger partial charge >= 0.3 is 12.4 Å². The molecule has 752 valence electrons. The number of halogens is 6. The first-order valence-electron chi connectivity index (χ1n) is 47.4. The Bertz CT molecular complexity index is 5230. The van der Waals surface area contributed by atoms with Crippen molar-refractivity contribution < 1.29 is 50.3 Å². The highest BCUT2D eigenvalue weighted by molar-refractivity contribution is 5.98. The highest BCUT2D eigenvalue weighted by Gasteiger charge is 2.47. The van der Waals surface area contributed by atoms with E-state index in [9.17, 15) is 50.3 Å². The van der Waals surface area contributed by atoms with Crippen LogP contribution in [0.15, 0.2) is 73.6 Å². The van der Waals surface area contributed by atoms with Gasteiger partial charge in [0.2, 0.25) is 47.4 Å². The second-order valence-corrected chi connectivity index (χ2v) is 40.2. The van der Waals surface area contributed by atoms with Crippen molar-refractivity contribution in [3.05, 3.63) is 175 Å². The van der Waals surface area contributed by atoms with Crippen LogP contribution in [0, 0.1) is 71.1 Å². The number of rotatable bonds is 20. The zero-order chi connectivity index (χ0) is 104. The van der Waals surface area contributed by atoms with Crippen molar-refractivity contribution in [2.45, 2.75) is 332 Å². The molecule has 3 fully saturated rings. The number of alkyl halides is 6. The molecule has 0 N–H and O–H groups in total. The fourth-order valence-corrected chi connectivity index (χ4v) is 14.6. The number of nitrogens with zero attached hydrogens (tertiary/aromatic N) is 21. The minimum absolute atomic E-state index is 0.000744. The minimum Gasteiger partial charge on any atom is -0.347 e. The van der Waals surface area contributed by atoms with E-state index < -0.39 is 29.9 Å². The first-order valence-corrected chi connectivity index (χ1v) is 47.4. The second-order valence-electron chi connectivity index (χ2n) is 40.2. The number of carbonyl (C=O) groups excluding carboxylic acids is 5. The molecule has 3 aliphatic carbocycles. The van der Waals surface area contributed by atoms with E-state index in [2.05, 4.69) is 184 Å². The Morgan fingerprint density at radius 3 is 1.04 bits per heavy atom. The van der Waals surface area contributed by atoms with E-state index in [1.54, 1.807) is 54.7 Å². The van der Waals surface area contributed by atoms with Crippen LogP contribution < -0.4 is 29.4 Å². The summed E-state index contributed by atoms with van der Waals surface area (Å²) in [5.74, 6) is 8.52. The van der Waals surface area contributed by atoms with Crippen molar-refractivity contribution in [1.29, 1.82) is 0 Å². The lowest BCUT2D eigenvalue weighted by Crippen LogP contribution is -2.37. The van der Waals surface area contributed by atoms with Gasteiger partial charge in [0.1, 0.15) is 17.5 Å². The monoisotopic (exact) mass is 1900 g/mol. The van der Waals surface area contributed by atoms with E-state index in [0.29, 0.717) is 71.4 Å². The van der Waals surface area contributed by atoms with Crippen LogP contribution in [0.4, 0.5) is 61.6 Å². The predicted octanol–water partition coefficient (Wildman–Crippen LogP) is 23.4. The van der Waals surface area contributed by atoms with Gasteiger partial charge in [0.15, 0.2) is 5.69 Å². The number of aromatic nitrogens is 15. The Balaban J connectivity index is 0.000000321. The summed E-state index contributed by atoms with van der Waals surface area (Å²) in [4.78, 5) is 109. The molecule has 12 rings (SSSR count). The molecule has 3 saturated carbocycles. The maximum atomic E-state index is 12.3. The van der Waals surface area contributed by atoms with Crippen LogP contribution in [0.2, 0.25) is 0 Å². The van der Waals surface area contributed by atoms with E-state index >= 15 is 0 Å². The van der Waals surface area contributed by atoms with Crippen LogP contribution in [0.3, 0.4) is 0 Å². The van der Waals surface area contributed by atoms with Gasteiger partial charge in [0.25, 0.3) is 0 Å². The third kappa shape index (κ3) is 35.6. The van der Waals surface area contributed by atoms with Gasteiger partial charge in [-0.15, -0.1) is 0 Å². The predicted molar refractivity (Wildman–Crippen MR) is 537 cm³/mol. The first kappa shape index (κ1) is 117. The van der Waals surface area contributed by atoms with Gasteiger partial charge < -0.3 is 9.80 Å². The average molecular weight is 1900 g/mol. The normalized spacial score (nSPS) is 13.1. The number of amides is 5. The molecule has 0 saturated heterocycles. The van der Waals surface area contributed by atoms with E-state index in [1.165, 1.54) is 71.9 Å². The lowest BCUT2D eigenvalue weighted by molar-refractivity contribution is -0.141. The molecule has 5 amide bonds. The topological polar surface area (TPSA) is 274 Å². The number of pyridine rings is 3. The van der Waals surface area contributed by atoms with Crippen LogP contribution in [0.5, 0.6) is 0 Å². The quantitative estimate of drug-likeness (QED) is 0.0641. The van der Waals surface area contributed by atoms with Gasteiger partial charge in [-0.05, 0) is 234 Å². The molecular weight excluding hydrogens is 1740 g/mol. The van der Waals surface area contributed by atoms with Gasteiger partial charge in [-0.1, -0.05) is 152 Å². The van der Waals surface area contributed by atoms with Gasteiger partial charge in [-0.25, -0.2) is 44.9 Å². The third-order valence-corrected chi connectivity index (χ3v) is 23.5. The number of hydrogen-bond donors (Lipinski definition) is 0. The Hall–Kier alpha value is -11.0. The second kappa shape index (κ2) is 50.9. The number of anilines is 6. The van der Waals surface area contributed by atoms with Gasteiger partial charge in [-0.3, -0.25) is 57.6 Å². The fourth-order valence-electron chi connectivity index (χ4n) is 14.6. The number of hydrogen-bond acceptors (Lipinski definition) is 18. The summed E-state index contributed by atoms with van der Waals surface area (Å²) in [6.45, 7) is 63.2. The Morgan fingerprint density at radius 1 is 0.419 bits per heavy atom. The summed E-state index contributed by atoms with van der Waals surface area (Å²) in [5, 5.41) is 11.6. The molecule has 0 aromatic carbocycles. The molecule has 0 radical (unpaired) electrons. The first-order chi connectivity index (χ1) is 62.7. The largest absolute Gasteiger partial charge is 0.435 e. The zero-order valence-electron chi connectivity index (χ0n) is 89.1. The van der Waals surface area contributed by atoms with Crippen molar-refractivity contribution in [2.24, 2.45) is 36.8 Å². The van der Waals surface area contributed by atoms with E-state index in [4.69, 9.17) is 0 Å². The van der Waals surface area contributed by atoms with Crippen molar-refractivity contribution in [3.63, 3.8) is 0 Å².